The lowest BCUT2D eigenvalue weighted by Crippen LogP contribution is -2.25. The molecule has 1 aliphatic rings. The number of nitrogens with zero attached hydrogens (tertiary/aromatic N) is 5. The molecule has 1 saturated heterocycles. The zero-order chi connectivity index (χ0) is 24.6. The quantitative estimate of drug-likeness (QED) is 0.285. The molecular formula is C28H25N7OS. The highest BCUT2D eigenvalue weighted by Crippen LogP contribution is 2.35. The van der Waals surface area contributed by atoms with E-state index in [-0.39, 0.29) is 0 Å². The summed E-state index contributed by atoms with van der Waals surface area (Å²) in [7, 11) is 0. The van der Waals surface area contributed by atoms with E-state index >= 15 is 0 Å². The molecule has 1 aliphatic heterocycles. The second-order valence-corrected chi connectivity index (χ2v) is 10.1. The summed E-state index contributed by atoms with van der Waals surface area (Å²) in [6, 6.07) is 8.39. The first-order valence-electron chi connectivity index (χ1n) is 12.5. The number of hydrogen-bond donors (Lipinski definition) is 2. The number of thiophene rings is 1. The molecule has 0 saturated carbocycles. The minimum Gasteiger partial charge on any atom is -0.491 e. The van der Waals surface area contributed by atoms with E-state index in [0.29, 0.717) is 6.61 Å². The van der Waals surface area contributed by atoms with E-state index in [2.05, 4.69) is 64.0 Å². The molecule has 0 amide bonds. The lowest BCUT2D eigenvalue weighted by molar-refractivity contribution is 0.237. The van der Waals surface area contributed by atoms with Gasteiger partial charge in [0.05, 0.1) is 23.6 Å². The van der Waals surface area contributed by atoms with Crippen molar-refractivity contribution < 1.29 is 4.74 Å². The number of hydrogen-bond acceptors (Lipinski definition) is 7. The second kappa shape index (κ2) is 9.42. The van der Waals surface area contributed by atoms with Gasteiger partial charge in [0, 0.05) is 52.6 Å². The van der Waals surface area contributed by atoms with E-state index in [0.717, 1.165) is 62.3 Å². The smallest absolute Gasteiger partial charge is 0.155 e. The van der Waals surface area contributed by atoms with Gasteiger partial charge in [0.1, 0.15) is 18.1 Å². The average Bonchev–Trinajstić information content (AvgIpc) is 3.74. The Hall–Kier alpha value is -4.08. The number of nitrogens with one attached hydrogen (secondary N) is 2. The minimum absolute atomic E-state index is 0.664. The van der Waals surface area contributed by atoms with E-state index in [1.165, 1.54) is 31.5 Å². The summed E-state index contributed by atoms with van der Waals surface area (Å²) in [6.07, 6.45) is 11.8. The maximum atomic E-state index is 6.02. The number of pyridine rings is 3. The summed E-state index contributed by atoms with van der Waals surface area (Å²) < 4.78 is 6.02. The number of fused-ring (bicyclic) bond motifs is 2. The van der Waals surface area contributed by atoms with Gasteiger partial charge >= 0.3 is 0 Å². The molecule has 0 aliphatic carbocycles. The largest absolute Gasteiger partial charge is 0.491 e. The fourth-order valence-electron chi connectivity index (χ4n) is 5.05. The van der Waals surface area contributed by atoms with Crippen LogP contribution in [0.5, 0.6) is 5.75 Å². The summed E-state index contributed by atoms with van der Waals surface area (Å²) in [4.78, 5) is 19.4. The maximum absolute atomic E-state index is 6.02. The molecule has 37 heavy (non-hydrogen) atoms. The summed E-state index contributed by atoms with van der Waals surface area (Å²) in [5.41, 5.74) is 7.64. The van der Waals surface area contributed by atoms with Crippen LogP contribution >= 0.6 is 11.3 Å². The van der Waals surface area contributed by atoms with E-state index in [9.17, 15) is 0 Å². The first-order chi connectivity index (χ1) is 18.3. The normalized spacial score (nSPS) is 14.2. The topological polar surface area (TPSA) is 95.6 Å². The van der Waals surface area contributed by atoms with Crippen molar-refractivity contribution in [3.05, 3.63) is 66.0 Å². The van der Waals surface area contributed by atoms with Gasteiger partial charge in [0.25, 0.3) is 0 Å². The van der Waals surface area contributed by atoms with Crippen LogP contribution in [-0.4, -0.2) is 61.3 Å². The van der Waals surface area contributed by atoms with Crippen molar-refractivity contribution in [2.45, 2.75) is 12.8 Å². The Morgan fingerprint density at radius 1 is 0.919 bits per heavy atom. The van der Waals surface area contributed by atoms with Crippen molar-refractivity contribution in [3.63, 3.8) is 0 Å². The van der Waals surface area contributed by atoms with Crippen LogP contribution in [0.2, 0.25) is 0 Å². The molecule has 1 fully saturated rings. The summed E-state index contributed by atoms with van der Waals surface area (Å²) >= 11 is 1.68. The van der Waals surface area contributed by atoms with Gasteiger partial charge in [-0.05, 0) is 66.5 Å². The third-order valence-corrected chi connectivity index (χ3v) is 7.65. The highest BCUT2D eigenvalue weighted by atomic mass is 32.1. The van der Waals surface area contributed by atoms with Gasteiger partial charge in [-0.1, -0.05) is 0 Å². The van der Waals surface area contributed by atoms with Crippen LogP contribution in [0.25, 0.3) is 55.6 Å². The van der Waals surface area contributed by atoms with Crippen LogP contribution in [0, 0.1) is 0 Å². The standard InChI is InChI=1S/C28H25N7OS/c1-2-5-35(4-1)6-7-36-21-9-19(12-29-14-21)20-10-23-27(33-34-28(23)31-13-20)25-11-22-24(18-3-8-37-17-18)15-30-16-26(22)32-25/h3,8-17,32H,1-2,4-7H2,(H,31,33,34). The van der Waals surface area contributed by atoms with Crippen LogP contribution in [0.4, 0.5) is 0 Å². The van der Waals surface area contributed by atoms with E-state index < -0.39 is 0 Å². The maximum Gasteiger partial charge on any atom is 0.155 e. The highest BCUT2D eigenvalue weighted by molar-refractivity contribution is 7.08. The minimum atomic E-state index is 0.664. The van der Waals surface area contributed by atoms with Crippen molar-refractivity contribution in [3.8, 4) is 39.4 Å². The number of aromatic amines is 2. The molecular weight excluding hydrogens is 482 g/mol. The van der Waals surface area contributed by atoms with Gasteiger partial charge < -0.3 is 9.72 Å². The number of likely N-dealkylation sites (tertiary alicyclic amines) is 1. The zero-order valence-electron chi connectivity index (χ0n) is 20.1. The molecule has 0 unspecified atom stereocenters. The highest BCUT2D eigenvalue weighted by Gasteiger charge is 2.16. The third kappa shape index (κ3) is 4.26. The van der Waals surface area contributed by atoms with Crippen molar-refractivity contribution in [2.75, 3.05) is 26.2 Å². The molecule has 7 heterocycles. The molecule has 0 radical (unpaired) electrons. The Balaban J connectivity index is 1.20. The molecule has 0 atom stereocenters. The lowest BCUT2D eigenvalue weighted by Gasteiger charge is -2.15. The van der Waals surface area contributed by atoms with Crippen LogP contribution in [-0.2, 0) is 0 Å². The first kappa shape index (κ1) is 22.1. The summed E-state index contributed by atoms with van der Waals surface area (Å²) in [5.74, 6) is 0.772. The van der Waals surface area contributed by atoms with Gasteiger partial charge in [-0.25, -0.2) is 4.98 Å². The number of H-pyrrole nitrogens is 2. The molecule has 6 aromatic heterocycles. The summed E-state index contributed by atoms with van der Waals surface area (Å²) in [5, 5.41) is 14.0. The predicted octanol–water partition coefficient (Wildman–Crippen LogP) is 5.77. The Kier molecular flexibility index (Phi) is 5.64. The first-order valence-corrected chi connectivity index (χ1v) is 13.4. The fraction of sp³-hybridized carbons (Fsp3) is 0.214. The number of rotatable bonds is 7. The van der Waals surface area contributed by atoms with E-state index in [4.69, 9.17) is 4.74 Å². The van der Waals surface area contributed by atoms with E-state index in [1.807, 2.05) is 30.9 Å². The Bertz CT molecular complexity index is 1680. The fourth-order valence-corrected chi connectivity index (χ4v) is 5.70. The predicted molar refractivity (Wildman–Crippen MR) is 147 cm³/mol. The molecule has 0 bridgehead atoms. The molecule has 7 rings (SSSR count). The van der Waals surface area contributed by atoms with Crippen molar-refractivity contribution in [2.24, 2.45) is 0 Å². The molecule has 9 heteroatoms. The monoisotopic (exact) mass is 507 g/mol. The Morgan fingerprint density at radius 3 is 2.70 bits per heavy atom. The SMILES string of the molecule is c1cc(-c2cncc3[nH]c(-c4n[nH]c5ncc(-c6cncc(OCCN7CCCC7)c6)cc45)cc23)cs1. The Labute approximate surface area is 217 Å². The van der Waals surface area contributed by atoms with Crippen LogP contribution in [0.15, 0.2) is 66.0 Å². The van der Waals surface area contributed by atoms with Crippen molar-refractivity contribution in [1.29, 1.82) is 0 Å². The number of aromatic nitrogens is 6. The van der Waals surface area contributed by atoms with Crippen LogP contribution in [0.1, 0.15) is 12.8 Å². The van der Waals surface area contributed by atoms with Crippen molar-refractivity contribution >= 4 is 33.3 Å². The van der Waals surface area contributed by atoms with Crippen LogP contribution in [0.3, 0.4) is 0 Å². The van der Waals surface area contributed by atoms with Crippen LogP contribution < -0.4 is 4.74 Å². The van der Waals surface area contributed by atoms with Gasteiger partial charge in [-0.15, -0.1) is 0 Å². The number of ether oxygens (including phenoxy) is 1. The molecule has 8 nitrogen and oxygen atoms in total. The van der Waals surface area contributed by atoms with Crippen molar-refractivity contribution in [1.82, 2.24) is 35.0 Å². The van der Waals surface area contributed by atoms with Gasteiger partial charge in [0.2, 0.25) is 0 Å². The molecule has 0 spiro atoms. The molecule has 0 aromatic carbocycles. The molecule has 2 N–H and O–H groups in total. The van der Waals surface area contributed by atoms with E-state index in [1.54, 1.807) is 17.5 Å². The summed E-state index contributed by atoms with van der Waals surface area (Å²) in [6.45, 7) is 3.95. The lowest BCUT2D eigenvalue weighted by atomic mass is 10.1. The average molecular weight is 508 g/mol. The van der Waals surface area contributed by atoms with Gasteiger partial charge in [-0.2, -0.15) is 16.4 Å². The Morgan fingerprint density at radius 2 is 1.81 bits per heavy atom. The molecule has 6 aromatic rings. The van der Waals surface area contributed by atoms with Gasteiger partial charge in [-0.3, -0.25) is 20.0 Å². The molecule has 184 valence electrons. The second-order valence-electron chi connectivity index (χ2n) is 9.34. The third-order valence-electron chi connectivity index (χ3n) is 6.97. The zero-order valence-corrected chi connectivity index (χ0v) is 21.0. The van der Waals surface area contributed by atoms with Gasteiger partial charge in [0.15, 0.2) is 5.65 Å².